The molecule has 0 aliphatic carbocycles. The molecule has 2 heteroatoms. The van der Waals surface area contributed by atoms with Gasteiger partial charge in [-0.15, -0.1) is 0 Å². The van der Waals surface area contributed by atoms with Gasteiger partial charge in [0.1, 0.15) is 0 Å². The molecule has 0 saturated heterocycles. The van der Waals surface area contributed by atoms with Crippen LogP contribution in [0.1, 0.15) is 12.5 Å². The fourth-order valence-corrected chi connectivity index (χ4v) is 1.03. The third-order valence-corrected chi connectivity index (χ3v) is 1.76. The Morgan fingerprint density at radius 1 is 1.31 bits per heavy atom. The van der Waals surface area contributed by atoms with Crippen LogP contribution in [0.15, 0.2) is 30.3 Å². The Morgan fingerprint density at radius 3 is 2.38 bits per heavy atom. The largest absolute Gasteiger partial charge is 1.00 e. The molecule has 0 N–H and O–H groups in total. The summed E-state index contributed by atoms with van der Waals surface area (Å²) in [5.41, 5.74) is 1.22. The molecule has 0 aliphatic heterocycles. The first-order valence-corrected chi connectivity index (χ1v) is 4.08. The molecule has 0 heterocycles. The van der Waals surface area contributed by atoms with Gasteiger partial charge in [0.25, 0.3) is 0 Å². The molecular weight excluding hydrogens is 153 g/mol. The van der Waals surface area contributed by atoms with Gasteiger partial charge in [0.2, 0.25) is 0 Å². The molecule has 0 amide bonds. The quantitative estimate of drug-likeness (QED) is 0.242. The van der Waals surface area contributed by atoms with Crippen LogP contribution in [0.3, 0.4) is 0 Å². The predicted octanol–water partition coefficient (Wildman–Crippen LogP) is -0.940. The molecular formula is C11H12LiN. The van der Waals surface area contributed by atoms with E-state index >= 15 is 0 Å². The summed E-state index contributed by atoms with van der Waals surface area (Å²) in [6.45, 7) is 3.63. The first-order chi connectivity index (χ1) is 5.86. The minimum atomic E-state index is 0. The van der Waals surface area contributed by atoms with Crippen LogP contribution >= 0.6 is 0 Å². The fourth-order valence-electron chi connectivity index (χ4n) is 1.03. The molecule has 0 fully saturated rings. The molecule has 0 spiro atoms. The number of nitrogens with zero attached hydrogens (tertiary/aromatic N) is 1. The predicted molar refractivity (Wildman–Crippen MR) is 49.7 cm³/mol. The molecule has 0 aliphatic rings. The van der Waals surface area contributed by atoms with Crippen LogP contribution in [0.4, 0.5) is 0 Å². The third-order valence-electron chi connectivity index (χ3n) is 1.76. The van der Waals surface area contributed by atoms with Gasteiger partial charge in [-0.05, 0) is 12.5 Å². The Labute approximate surface area is 92.3 Å². The Bertz CT molecular complexity index is 263. The van der Waals surface area contributed by atoms with E-state index in [4.69, 9.17) is 6.42 Å². The normalized spacial score (nSPS) is 8.31. The monoisotopic (exact) mass is 165 g/mol. The Morgan fingerprint density at radius 2 is 1.92 bits per heavy atom. The van der Waals surface area contributed by atoms with Gasteiger partial charge in [0, 0.05) is 13.1 Å². The zero-order valence-corrected chi connectivity index (χ0v) is 8.25. The average molecular weight is 165 g/mol. The summed E-state index contributed by atoms with van der Waals surface area (Å²) in [6, 6.07) is 12.5. The van der Waals surface area contributed by atoms with Gasteiger partial charge in [-0.1, -0.05) is 30.3 Å². The van der Waals surface area contributed by atoms with Crippen molar-refractivity contribution in [2.45, 2.75) is 13.5 Å². The van der Waals surface area contributed by atoms with E-state index in [1.54, 1.807) is 0 Å². The molecule has 0 saturated carbocycles. The Balaban J connectivity index is 0.00000144. The second-order valence-electron chi connectivity index (χ2n) is 2.61. The smallest absolute Gasteiger partial charge is 0.670 e. The second-order valence-corrected chi connectivity index (χ2v) is 2.61. The van der Waals surface area contributed by atoms with Crippen LogP contribution in [0.5, 0.6) is 0 Å². The van der Waals surface area contributed by atoms with Crippen molar-refractivity contribution in [2.24, 2.45) is 0 Å². The van der Waals surface area contributed by atoms with Crippen molar-refractivity contribution in [1.82, 2.24) is 4.90 Å². The van der Waals surface area contributed by atoms with Crippen molar-refractivity contribution < 1.29 is 18.9 Å². The van der Waals surface area contributed by atoms with E-state index in [0.29, 0.717) is 0 Å². The summed E-state index contributed by atoms with van der Waals surface area (Å²) in [5.74, 6) is 0. The van der Waals surface area contributed by atoms with Gasteiger partial charge in [-0.25, -0.2) is 0 Å². The standard InChI is InChI=1S/C11H12N.Li/c1-3-12(4-2)10-11-8-6-5-7-9-11;/h5-9H,3,10H2,1H3;/q-1;+1. The summed E-state index contributed by atoms with van der Waals surface area (Å²) < 4.78 is 0. The number of hydrogen-bond donors (Lipinski definition) is 0. The van der Waals surface area contributed by atoms with Crippen LogP contribution in [-0.4, -0.2) is 11.4 Å². The van der Waals surface area contributed by atoms with Crippen LogP contribution < -0.4 is 18.9 Å². The van der Waals surface area contributed by atoms with E-state index in [9.17, 15) is 0 Å². The van der Waals surface area contributed by atoms with E-state index in [0.717, 1.165) is 13.1 Å². The Hall–Kier alpha value is -0.823. The molecule has 0 aromatic heterocycles. The van der Waals surface area contributed by atoms with Crippen molar-refractivity contribution in [2.75, 3.05) is 6.54 Å². The van der Waals surface area contributed by atoms with Crippen LogP contribution in [0.2, 0.25) is 0 Å². The first-order valence-electron chi connectivity index (χ1n) is 4.08. The van der Waals surface area contributed by atoms with Crippen molar-refractivity contribution in [3.05, 3.63) is 42.3 Å². The first kappa shape index (κ1) is 12.2. The van der Waals surface area contributed by atoms with Crippen LogP contribution in [0, 0.1) is 12.5 Å². The van der Waals surface area contributed by atoms with Crippen LogP contribution in [0.25, 0.3) is 0 Å². The summed E-state index contributed by atoms with van der Waals surface area (Å²) in [4.78, 5) is 1.83. The SMILES string of the molecule is [C-]#CN(CC)Cc1ccccc1.[Li+]. The zero-order chi connectivity index (χ0) is 8.81. The van der Waals surface area contributed by atoms with Gasteiger partial charge in [-0.3, -0.25) is 6.04 Å². The molecule has 0 radical (unpaired) electrons. The molecule has 0 bridgehead atoms. The van der Waals surface area contributed by atoms with E-state index < -0.39 is 0 Å². The van der Waals surface area contributed by atoms with E-state index in [1.807, 2.05) is 30.0 Å². The minimum Gasteiger partial charge on any atom is -0.670 e. The minimum absolute atomic E-state index is 0. The van der Waals surface area contributed by atoms with Gasteiger partial charge < -0.3 is 11.3 Å². The van der Waals surface area contributed by atoms with Gasteiger partial charge >= 0.3 is 18.9 Å². The van der Waals surface area contributed by atoms with Crippen molar-refractivity contribution in [3.8, 4) is 6.04 Å². The number of rotatable bonds is 3. The summed E-state index contributed by atoms with van der Waals surface area (Å²) in [7, 11) is 0. The zero-order valence-electron chi connectivity index (χ0n) is 8.25. The second kappa shape index (κ2) is 6.67. The Kier molecular flexibility index (Phi) is 6.25. The summed E-state index contributed by atoms with van der Waals surface area (Å²) in [6.07, 6.45) is 6.99. The maximum Gasteiger partial charge on any atom is 1.00 e. The fraction of sp³-hybridized carbons (Fsp3) is 0.273. The van der Waals surface area contributed by atoms with Crippen molar-refractivity contribution in [3.63, 3.8) is 0 Å². The van der Waals surface area contributed by atoms with E-state index in [-0.39, 0.29) is 18.9 Å². The molecule has 1 nitrogen and oxygen atoms in total. The topological polar surface area (TPSA) is 3.24 Å². The summed E-state index contributed by atoms with van der Waals surface area (Å²) >= 11 is 0. The molecule has 1 aromatic rings. The van der Waals surface area contributed by atoms with Crippen molar-refractivity contribution >= 4 is 0 Å². The van der Waals surface area contributed by atoms with Crippen molar-refractivity contribution in [1.29, 1.82) is 0 Å². The van der Waals surface area contributed by atoms with Gasteiger partial charge in [0.15, 0.2) is 0 Å². The number of benzene rings is 1. The maximum atomic E-state index is 6.99. The van der Waals surface area contributed by atoms with Gasteiger partial charge in [0.05, 0.1) is 0 Å². The van der Waals surface area contributed by atoms with E-state index in [1.165, 1.54) is 5.56 Å². The molecule has 0 unspecified atom stereocenters. The maximum absolute atomic E-state index is 6.99. The average Bonchev–Trinajstić information content (AvgIpc) is 2.16. The molecule has 0 atom stereocenters. The van der Waals surface area contributed by atoms with Crippen LogP contribution in [-0.2, 0) is 6.54 Å². The molecule has 1 aromatic carbocycles. The summed E-state index contributed by atoms with van der Waals surface area (Å²) in [5, 5.41) is 0. The van der Waals surface area contributed by atoms with E-state index in [2.05, 4.69) is 18.2 Å². The third kappa shape index (κ3) is 4.09. The molecule has 13 heavy (non-hydrogen) atoms. The number of hydrogen-bond acceptors (Lipinski definition) is 1. The molecule has 62 valence electrons. The van der Waals surface area contributed by atoms with Gasteiger partial charge in [-0.2, -0.15) is 0 Å². The molecule has 1 rings (SSSR count).